The van der Waals surface area contributed by atoms with Gasteiger partial charge in [0.05, 0.1) is 5.39 Å². The van der Waals surface area contributed by atoms with Gasteiger partial charge in [0.1, 0.15) is 11.3 Å². The summed E-state index contributed by atoms with van der Waals surface area (Å²) in [7, 11) is 0. The highest BCUT2D eigenvalue weighted by Gasteiger charge is 2.22. The summed E-state index contributed by atoms with van der Waals surface area (Å²) < 4.78 is 11.5. The molecule has 0 saturated carbocycles. The lowest BCUT2D eigenvalue weighted by molar-refractivity contribution is -0.123. The molecule has 3 aromatic rings. The lowest BCUT2D eigenvalue weighted by atomic mass is 10.0. The lowest BCUT2D eigenvalue weighted by Crippen LogP contribution is -2.36. The number of hydrogen-bond donors (Lipinski definition) is 1. The van der Waals surface area contributed by atoms with E-state index < -0.39 is 0 Å². The maximum Gasteiger partial charge on any atom is 0.339 e. The van der Waals surface area contributed by atoms with Crippen molar-refractivity contribution in [1.29, 1.82) is 0 Å². The van der Waals surface area contributed by atoms with Crippen molar-refractivity contribution in [2.75, 3.05) is 6.61 Å². The first-order chi connectivity index (χ1) is 14.5. The summed E-state index contributed by atoms with van der Waals surface area (Å²) >= 11 is 0. The van der Waals surface area contributed by atoms with E-state index in [9.17, 15) is 9.59 Å². The van der Waals surface area contributed by atoms with Crippen molar-refractivity contribution in [3.63, 3.8) is 0 Å². The van der Waals surface area contributed by atoms with Gasteiger partial charge in [0.25, 0.3) is 5.91 Å². The molecule has 0 bridgehead atoms. The van der Waals surface area contributed by atoms with Gasteiger partial charge in [0.2, 0.25) is 0 Å². The monoisotopic (exact) mass is 405 g/mol. The van der Waals surface area contributed by atoms with Gasteiger partial charge in [-0.1, -0.05) is 30.3 Å². The van der Waals surface area contributed by atoms with Crippen LogP contribution in [-0.2, 0) is 24.1 Å². The summed E-state index contributed by atoms with van der Waals surface area (Å²) in [6, 6.07) is 14.1. The molecule has 1 amide bonds. The van der Waals surface area contributed by atoms with Crippen LogP contribution in [0.25, 0.3) is 11.0 Å². The van der Waals surface area contributed by atoms with Crippen LogP contribution in [0, 0.1) is 6.92 Å². The van der Waals surface area contributed by atoms with Crippen molar-refractivity contribution >= 4 is 16.9 Å². The number of carbonyl (C=O) groups excluding carboxylic acids is 1. The highest BCUT2D eigenvalue weighted by Crippen LogP contribution is 2.35. The van der Waals surface area contributed by atoms with Gasteiger partial charge >= 0.3 is 5.63 Å². The maximum atomic E-state index is 12.4. The van der Waals surface area contributed by atoms with E-state index in [4.69, 9.17) is 9.15 Å². The van der Waals surface area contributed by atoms with E-state index in [0.717, 1.165) is 54.2 Å². The second-order valence-corrected chi connectivity index (χ2v) is 8.12. The molecule has 5 nitrogen and oxygen atoms in total. The maximum absolute atomic E-state index is 12.4. The zero-order chi connectivity index (χ0) is 21.1. The molecule has 0 radical (unpaired) electrons. The number of carbonyl (C=O) groups is 1. The van der Waals surface area contributed by atoms with Crippen LogP contribution in [0.5, 0.6) is 5.75 Å². The largest absolute Gasteiger partial charge is 0.483 e. The van der Waals surface area contributed by atoms with Crippen LogP contribution >= 0.6 is 0 Å². The minimum atomic E-state index is -0.253. The normalized spacial score (nSPS) is 13.8. The Balaban J connectivity index is 1.42. The molecular weight excluding hydrogens is 378 g/mol. The third-order valence-electron chi connectivity index (χ3n) is 5.65. The molecule has 1 atom stereocenters. The van der Waals surface area contributed by atoms with Crippen molar-refractivity contribution in [2.24, 2.45) is 0 Å². The summed E-state index contributed by atoms with van der Waals surface area (Å²) in [5.41, 5.74) is 4.22. The Labute approximate surface area is 176 Å². The van der Waals surface area contributed by atoms with Gasteiger partial charge in [-0.05, 0) is 74.8 Å². The third-order valence-corrected chi connectivity index (χ3v) is 5.65. The number of aryl methyl sites for hydroxylation is 3. The summed E-state index contributed by atoms with van der Waals surface area (Å²) in [4.78, 5) is 24.7. The Morgan fingerprint density at radius 2 is 1.93 bits per heavy atom. The van der Waals surface area contributed by atoms with E-state index in [-0.39, 0.29) is 24.2 Å². The highest BCUT2D eigenvalue weighted by molar-refractivity contribution is 5.89. The quantitative estimate of drug-likeness (QED) is 0.601. The van der Waals surface area contributed by atoms with E-state index in [1.165, 1.54) is 5.56 Å². The average molecular weight is 405 g/mol. The molecule has 0 aliphatic heterocycles. The molecule has 0 saturated heterocycles. The number of rotatable bonds is 7. The van der Waals surface area contributed by atoms with E-state index in [1.54, 1.807) is 0 Å². The minimum absolute atomic E-state index is 0.0535. The summed E-state index contributed by atoms with van der Waals surface area (Å²) in [6.45, 7) is 3.86. The van der Waals surface area contributed by atoms with Crippen LogP contribution < -0.4 is 15.7 Å². The molecule has 1 N–H and O–H groups in total. The molecule has 1 heterocycles. The number of ether oxygens (including phenoxy) is 1. The molecule has 4 rings (SSSR count). The second kappa shape index (κ2) is 8.74. The van der Waals surface area contributed by atoms with Gasteiger partial charge in [0, 0.05) is 11.6 Å². The van der Waals surface area contributed by atoms with Crippen LogP contribution in [0.2, 0.25) is 0 Å². The Hall–Kier alpha value is -3.08. The van der Waals surface area contributed by atoms with Crippen LogP contribution in [0.3, 0.4) is 0 Å². The zero-order valence-corrected chi connectivity index (χ0v) is 17.5. The predicted molar refractivity (Wildman–Crippen MR) is 117 cm³/mol. The number of hydrogen-bond acceptors (Lipinski definition) is 4. The first-order valence-corrected chi connectivity index (χ1v) is 10.6. The van der Waals surface area contributed by atoms with Gasteiger partial charge in [-0.15, -0.1) is 0 Å². The number of nitrogens with one attached hydrogen (secondary N) is 1. The third kappa shape index (κ3) is 4.40. The number of benzene rings is 2. The first kappa shape index (κ1) is 20.2. The molecule has 0 fully saturated rings. The molecule has 0 spiro atoms. The van der Waals surface area contributed by atoms with E-state index in [1.807, 2.05) is 44.2 Å². The van der Waals surface area contributed by atoms with Crippen molar-refractivity contribution in [3.8, 4) is 5.75 Å². The van der Waals surface area contributed by atoms with Gasteiger partial charge in [-0.25, -0.2) is 4.79 Å². The van der Waals surface area contributed by atoms with Crippen molar-refractivity contribution in [1.82, 2.24) is 5.32 Å². The molecule has 2 aromatic carbocycles. The summed E-state index contributed by atoms with van der Waals surface area (Å²) in [6.07, 6.45) is 4.28. The highest BCUT2D eigenvalue weighted by atomic mass is 16.5. The Bertz CT molecular complexity index is 1120. The van der Waals surface area contributed by atoms with Gasteiger partial charge < -0.3 is 14.5 Å². The van der Waals surface area contributed by atoms with E-state index >= 15 is 0 Å². The first-order valence-electron chi connectivity index (χ1n) is 10.6. The lowest BCUT2D eigenvalue weighted by Gasteiger charge is -2.16. The molecule has 30 heavy (non-hydrogen) atoms. The van der Waals surface area contributed by atoms with Gasteiger partial charge in [0.15, 0.2) is 6.61 Å². The topological polar surface area (TPSA) is 68.5 Å². The summed E-state index contributed by atoms with van der Waals surface area (Å²) in [5.74, 6) is 0.457. The van der Waals surface area contributed by atoms with Crippen LogP contribution in [0.15, 0.2) is 51.7 Å². The molecule has 0 unspecified atom stereocenters. The van der Waals surface area contributed by atoms with Crippen LogP contribution in [0.1, 0.15) is 42.0 Å². The van der Waals surface area contributed by atoms with Gasteiger partial charge in [-0.3, -0.25) is 4.79 Å². The standard InChI is InChI=1S/C25H27NO4/c1-16-13-21(24-19-9-6-10-20(19)25(28)30-22(24)14-16)29-15-23(27)26-17(2)11-12-18-7-4-3-5-8-18/h3-5,7-8,13-14,17H,6,9-12,15H2,1-2H3,(H,26,27)/t17-/m0/s1. The number of amides is 1. The Morgan fingerprint density at radius 1 is 1.17 bits per heavy atom. The molecule has 1 aromatic heterocycles. The molecule has 1 aliphatic carbocycles. The fourth-order valence-electron chi connectivity index (χ4n) is 4.18. The van der Waals surface area contributed by atoms with E-state index in [2.05, 4.69) is 17.4 Å². The molecular formula is C25H27NO4. The SMILES string of the molecule is Cc1cc(OCC(=O)N[C@@H](C)CCc2ccccc2)c2c3c(c(=O)oc2c1)CCC3. The zero-order valence-electron chi connectivity index (χ0n) is 17.5. The van der Waals surface area contributed by atoms with Crippen molar-refractivity contribution in [2.45, 2.75) is 52.0 Å². The van der Waals surface area contributed by atoms with Crippen LogP contribution in [-0.4, -0.2) is 18.6 Å². The van der Waals surface area contributed by atoms with Crippen LogP contribution in [0.4, 0.5) is 0 Å². The average Bonchev–Trinajstić information content (AvgIpc) is 3.21. The Morgan fingerprint density at radius 3 is 2.73 bits per heavy atom. The van der Waals surface area contributed by atoms with Crippen molar-refractivity contribution < 1.29 is 13.9 Å². The summed E-state index contributed by atoms with van der Waals surface area (Å²) in [5, 5.41) is 3.84. The molecule has 156 valence electrons. The predicted octanol–water partition coefficient (Wildman–Crippen LogP) is 4.11. The fraction of sp³-hybridized carbons (Fsp3) is 0.360. The van der Waals surface area contributed by atoms with Gasteiger partial charge in [-0.2, -0.15) is 0 Å². The fourth-order valence-corrected chi connectivity index (χ4v) is 4.18. The molecule has 5 heteroatoms. The smallest absolute Gasteiger partial charge is 0.339 e. The van der Waals surface area contributed by atoms with Crippen molar-refractivity contribution in [3.05, 3.63) is 75.1 Å². The number of fused-ring (bicyclic) bond motifs is 3. The minimum Gasteiger partial charge on any atom is -0.483 e. The van der Waals surface area contributed by atoms with E-state index in [0.29, 0.717) is 11.3 Å². The second-order valence-electron chi connectivity index (χ2n) is 8.12. The molecule has 1 aliphatic rings. The Kier molecular flexibility index (Phi) is 5.88.